The van der Waals surface area contributed by atoms with E-state index < -0.39 is 0 Å². The molecule has 3 N–H and O–H groups in total. The molecule has 0 spiro atoms. The van der Waals surface area contributed by atoms with Crippen molar-refractivity contribution in [1.29, 1.82) is 0 Å². The van der Waals surface area contributed by atoms with Crippen molar-refractivity contribution in [2.45, 2.75) is 19.6 Å². The van der Waals surface area contributed by atoms with Crippen molar-refractivity contribution in [1.82, 2.24) is 0 Å². The highest BCUT2D eigenvalue weighted by Gasteiger charge is 2.00. The van der Waals surface area contributed by atoms with Crippen LogP contribution in [0.5, 0.6) is 0 Å². The van der Waals surface area contributed by atoms with Crippen molar-refractivity contribution in [3.8, 4) is 0 Å². The van der Waals surface area contributed by atoms with Crippen molar-refractivity contribution in [2.75, 3.05) is 25.5 Å². The lowest BCUT2D eigenvalue weighted by Gasteiger charge is -2.12. The van der Waals surface area contributed by atoms with Gasteiger partial charge in [-0.05, 0) is 19.1 Å². The van der Waals surface area contributed by atoms with Gasteiger partial charge in [-0.25, -0.2) is 0 Å². The van der Waals surface area contributed by atoms with Crippen molar-refractivity contribution < 1.29 is 10.4 Å². The SMILES string of the molecule is C[C@@H](O)C[NH2+]Cc1ccc(N(C)C)cc1. The predicted molar refractivity (Wildman–Crippen MR) is 62.9 cm³/mol. The van der Waals surface area contributed by atoms with Gasteiger partial charge in [0.1, 0.15) is 13.1 Å². The average Bonchev–Trinajstić information content (AvgIpc) is 2.18. The van der Waals surface area contributed by atoms with E-state index in [2.05, 4.69) is 34.5 Å². The van der Waals surface area contributed by atoms with E-state index in [1.165, 1.54) is 11.3 Å². The zero-order chi connectivity index (χ0) is 11.3. The molecule has 0 radical (unpaired) electrons. The van der Waals surface area contributed by atoms with E-state index in [-0.39, 0.29) is 6.10 Å². The molecule has 0 heterocycles. The van der Waals surface area contributed by atoms with Crippen LogP contribution in [0.3, 0.4) is 0 Å². The summed E-state index contributed by atoms with van der Waals surface area (Å²) in [6.45, 7) is 3.50. The molecule has 0 aromatic heterocycles. The van der Waals surface area contributed by atoms with E-state index in [4.69, 9.17) is 5.11 Å². The molecule has 15 heavy (non-hydrogen) atoms. The zero-order valence-corrected chi connectivity index (χ0v) is 9.77. The third-order valence-electron chi connectivity index (χ3n) is 2.34. The molecular formula is C12H21N2O+. The summed E-state index contributed by atoms with van der Waals surface area (Å²) in [5.41, 5.74) is 2.51. The van der Waals surface area contributed by atoms with Crippen LogP contribution >= 0.6 is 0 Å². The maximum Gasteiger partial charge on any atom is 0.102 e. The third kappa shape index (κ3) is 4.32. The van der Waals surface area contributed by atoms with Crippen LogP contribution in [0, 0.1) is 0 Å². The number of aliphatic hydroxyl groups excluding tert-OH is 1. The van der Waals surface area contributed by atoms with Crippen molar-refractivity contribution in [3.05, 3.63) is 29.8 Å². The fourth-order valence-electron chi connectivity index (χ4n) is 1.42. The average molecular weight is 209 g/mol. The van der Waals surface area contributed by atoms with E-state index in [1.807, 2.05) is 21.0 Å². The number of benzene rings is 1. The van der Waals surface area contributed by atoms with Gasteiger partial charge in [-0.15, -0.1) is 0 Å². The standard InChI is InChI=1S/C12H20N2O/c1-10(15)8-13-9-11-4-6-12(7-5-11)14(2)3/h4-7,10,13,15H,8-9H2,1-3H3/p+1/t10-/m1/s1. The minimum Gasteiger partial charge on any atom is -0.388 e. The smallest absolute Gasteiger partial charge is 0.102 e. The number of nitrogens with zero attached hydrogens (tertiary/aromatic N) is 1. The van der Waals surface area contributed by atoms with Gasteiger partial charge >= 0.3 is 0 Å². The summed E-state index contributed by atoms with van der Waals surface area (Å²) in [7, 11) is 4.07. The molecule has 0 aliphatic carbocycles. The Hall–Kier alpha value is -1.06. The van der Waals surface area contributed by atoms with Gasteiger partial charge in [0.2, 0.25) is 0 Å². The third-order valence-corrected chi connectivity index (χ3v) is 2.34. The lowest BCUT2D eigenvalue weighted by atomic mass is 10.2. The first kappa shape index (κ1) is 12.0. The van der Waals surface area contributed by atoms with Gasteiger partial charge in [-0.3, -0.25) is 0 Å². The van der Waals surface area contributed by atoms with E-state index in [9.17, 15) is 0 Å². The quantitative estimate of drug-likeness (QED) is 0.727. The van der Waals surface area contributed by atoms with E-state index in [0.717, 1.165) is 13.1 Å². The van der Waals surface area contributed by atoms with Gasteiger partial charge in [0.25, 0.3) is 0 Å². The van der Waals surface area contributed by atoms with Crippen LogP contribution in [0.25, 0.3) is 0 Å². The fraction of sp³-hybridized carbons (Fsp3) is 0.500. The second kappa shape index (κ2) is 5.73. The number of quaternary nitrogens is 1. The minimum absolute atomic E-state index is 0.231. The molecule has 0 bridgehead atoms. The normalized spacial score (nSPS) is 12.5. The summed E-state index contributed by atoms with van der Waals surface area (Å²) in [5, 5.41) is 11.2. The molecule has 0 amide bonds. The second-order valence-corrected chi connectivity index (χ2v) is 4.14. The highest BCUT2D eigenvalue weighted by Crippen LogP contribution is 2.11. The number of nitrogens with two attached hydrogens (primary N) is 1. The Morgan fingerprint density at radius 2 is 1.87 bits per heavy atom. The van der Waals surface area contributed by atoms with Gasteiger partial charge in [-0.1, -0.05) is 12.1 Å². The molecule has 3 nitrogen and oxygen atoms in total. The molecule has 0 unspecified atom stereocenters. The van der Waals surface area contributed by atoms with Crippen LogP contribution in [0.2, 0.25) is 0 Å². The zero-order valence-electron chi connectivity index (χ0n) is 9.77. The summed E-state index contributed by atoms with van der Waals surface area (Å²) >= 11 is 0. The lowest BCUT2D eigenvalue weighted by molar-refractivity contribution is -0.676. The predicted octanol–water partition coefficient (Wildman–Crippen LogP) is 0.197. The van der Waals surface area contributed by atoms with Gasteiger partial charge in [0.15, 0.2) is 0 Å². The monoisotopic (exact) mass is 209 g/mol. The molecule has 0 aliphatic heterocycles. The highest BCUT2D eigenvalue weighted by atomic mass is 16.3. The first-order valence-corrected chi connectivity index (χ1v) is 5.35. The van der Waals surface area contributed by atoms with Gasteiger partial charge in [0.05, 0.1) is 6.10 Å². The molecule has 84 valence electrons. The summed E-state index contributed by atoms with van der Waals surface area (Å²) in [4.78, 5) is 2.09. The van der Waals surface area contributed by atoms with Crippen LogP contribution < -0.4 is 10.2 Å². The molecule has 1 aromatic rings. The summed E-state index contributed by atoms with van der Waals surface area (Å²) in [5.74, 6) is 0. The maximum atomic E-state index is 9.11. The molecule has 0 fully saturated rings. The van der Waals surface area contributed by atoms with Gasteiger partial charge < -0.3 is 15.3 Å². The molecule has 1 atom stereocenters. The van der Waals surface area contributed by atoms with E-state index >= 15 is 0 Å². The largest absolute Gasteiger partial charge is 0.388 e. The topological polar surface area (TPSA) is 40.1 Å². The number of aliphatic hydroxyl groups is 1. The van der Waals surface area contributed by atoms with Crippen LogP contribution in [-0.2, 0) is 6.54 Å². The van der Waals surface area contributed by atoms with Gasteiger partial charge in [-0.2, -0.15) is 0 Å². The van der Waals surface area contributed by atoms with E-state index in [1.54, 1.807) is 0 Å². The van der Waals surface area contributed by atoms with Crippen molar-refractivity contribution in [2.24, 2.45) is 0 Å². The molecular weight excluding hydrogens is 188 g/mol. The van der Waals surface area contributed by atoms with Crippen LogP contribution in [0.4, 0.5) is 5.69 Å². The van der Waals surface area contributed by atoms with Crippen LogP contribution in [-0.4, -0.2) is 31.9 Å². The minimum atomic E-state index is -0.231. The van der Waals surface area contributed by atoms with Gasteiger partial charge in [0, 0.05) is 25.3 Å². The number of rotatable bonds is 5. The first-order chi connectivity index (χ1) is 7.09. The molecule has 0 saturated heterocycles. The Balaban J connectivity index is 2.43. The number of hydrogen-bond acceptors (Lipinski definition) is 2. The lowest BCUT2D eigenvalue weighted by Crippen LogP contribution is -2.84. The molecule has 3 heteroatoms. The number of hydrogen-bond donors (Lipinski definition) is 2. The van der Waals surface area contributed by atoms with Crippen molar-refractivity contribution >= 4 is 5.69 Å². The molecule has 1 rings (SSSR count). The number of anilines is 1. The highest BCUT2D eigenvalue weighted by molar-refractivity contribution is 5.45. The maximum absolute atomic E-state index is 9.11. The summed E-state index contributed by atoms with van der Waals surface area (Å²) < 4.78 is 0. The Morgan fingerprint density at radius 1 is 1.27 bits per heavy atom. The molecule has 1 aromatic carbocycles. The summed E-state index contributed by atoms with van der Waals surface area (Å²) in [6, 6.07) is 8.50. The van der Waals surface area contributed by atoms with E-state index in [0.29, 0.717) is 0 Å². The molecule has 0 aliphatic rings. The Morgan fingerprint density at radius 3 is 2.33 bits per heavy atom. The van der Waals surface area contributed by atoms with Crippen LogP contribution in [0.1, 0.15) is 12.5 Å². The fourth-order valence-corrected chi connectivity index (χ4v) is 1.42. The summed E-state index contributed by atoms with van der Waals surface area (Å²) in [6.07, 6.45) is -0.231. The van der Waals surface area contributed by atoms with Crippen LogP contribution in [0.15, 0.2) is 24.3 Å². The Labute approximate surface area is 91.7 Å². The molecule has 0 saturated carbocycles. The van der Waals surface area contributed by atoms with Crippen molar-refractivity contribution in [3.63, 3.8) is 0 Å². The Kier molecular flexibility index (Phi) is 4.59. The Bertz CT molecular complexity index is 280. The second-order valence-electron chi connectivity index (χ2n) is 4.14. The first-order valence-electron chi connectivity index (χ1n) is 5.35.